The first-order chi connectivity index (χ1) is 13.3. The number of piperazine rings is 1. The molecule has 5 rings (SSSR count). The molecule has 1 heterocycles. The van der Waals surface area contributed by atoms with E-state index < -0.39 is 0 Å². The fraction of sp³-hybridized carbons (Fsp3) is 0.652. The van der Waals surface area contributed by atoms with E-state index in [1.165, 1.54) is 5.56 Å². The summed E-state index contributed by atoms with van der Waals surface area (Å²) in [7, 11) is 0. The summed E-state index contributed by atoms with van der Waals surface area (Å²) < 4.78 is 0. The molecule has 3 saturated carbocycles. The predicted molar refractivity (Wildman–Crippen MR) is 110 cm³/mol. The molecule has 5 heteroatoms. The van der Waals surface area contributed by atoms with Crippen molar-refractivity contribution >= 4 is 11.8 Å². The number of hydrogen-bond acceptors (Lipinski definition) is 3. The lowest BCUT2D eigenvalue weighted by Gasteiger charge is -2.60. The first kappa shape index (κ1) is 19.4. The predicted octanol–water partition coefficient (Wildman–Crippen LogP) is 2.66. The van der Waals surface area contributed by atoms with Crippen LogP contribution < -0.4 is 5.32 Å². The molecule has 1 saturated heterocycles. The zero-order valence-corrected chi connectivity index (χ0v) is 17.5. The lowest BCUT2D eigenvalue weighted by atomic mass is 9.44. The van der Waals surface area contributed by atoms with Crippen LogP contribution in [0.15, 0.2) is 24.3 Å². The largest absolute Gasteiger partial charge is 0.354 e. The highest BCUT2D eigenvalue weighted by molar-refractivity contribution is 5.94. The molecule has 2 amide bonds. The highest BCUT2D eigenvalue weighted by Gasteiger charge is 2.61. The summed E-state index contributed by atoms with van der Waals surface area (Å²) in [6.45, 7) is 11.3. The fourth-order valence-electron chi connectivity index (χ4n) is 4.75. The summed E-state index contributed by atoms with van der Waals surface area (Å²) in [4.78, 5) is 29.4. The van der Waals surface area contributed by atoms with Crippen molar-refractivity contribution in [3.63, 3.8) is 0 Å². The van der Waals surface area contributed by atoms with Crippen LogP contribution in [0, 0.1) is 11.3 Å². The molecule has 3 aliphatic carbocycles. The van der Waals surface area contributed by atoms with Crippen molar-refractivity contribution in [1.29, 1.82) is 0 Å². The van der Waals surface area contributed by atoms with Crippen molar-refractivity contribution < 1.29 is 9.59 Å². The number of carbonyl (C=O) groups is 2. The Morgan fingerprint density at radius 3 is 2.36 bits per heavy atom. The summed E-state index contributed by atoms with van der Waals surface area (Å²) in [5, 5.41) is 3.13. The van der Waals surface area contributed by atoms with E-state index in [0.717, 1.165) is 63.5 Å². The van der Waals surface area contributed by atoms with E-state index in [1.807, 2.05) is 23.1 Å². The second-order valence-electron chi connectivity index (χ2n) is 9.98. The number of carbonyl (C=O) groups excluding carboxylic acids is 2. The molecule has 4 fully saturated rings. The maximum atomic E-state index is 12.9. The molecule has 2 bridgehead atoms. The van der Waals surface area contributed by atoms with Gasteiger partial charge in [0.2, 0.25) is 5.91 Å². The summed E-state index contributed by atoms with van der Waals surface area (Å²) in [5.41, 5.74) is 2.03. The van der Waals surface area contributed by atoms with Gasteiger partial charge in [0.25, 0.3) is 5.91 Å². The van der Waals surface area contributed by atoms with E-state index in [4.69, 9.17) is 0 Å². The average molecular weight is 384 g/mol. The van der Waals surface area contributed by atoms with Gasteiger partial charge in [0.15, 0.2) is 0 Å². The Bertz CT molecular complexity index is 742. The van der Waals surface area contributed by atoms with Crippen molar-refractivity contribution in [1.82, 2.24) is 15.1 Å². The van der Waals surface area contributed by atoms with E-state index in [2.05, 4.69) is 37.1 Å². The van der Waals surface area contributed by atoms with Crippen LogP contribution in [0.1, 0.15) is 56.0 Å². The van der Waals surface area contributed by atoms with Gasteiger partial charge in [0.1, 0.15) is 0 Å². The lowest BCUT2D eigenvalue weighted by Crippen LogP contribution is -2.61. The number of benzene rings is 1. The van der Waals surface area contributed by atoms with Crippen molar-refractivity contribution in [2.45, 2.75) is 45.4 Å². The highest BCUT2D eigenvalue weighted by Crippen LogP contribution is 2.64. The molecule has 28 heavy (non-hydrogen) atoms. The van der Waals surface area contributed by atoms with E-state index in [-0.39, 0.29) is 22.6 Å². The minimum atomic E-state index is 0.0113. The van der Waals surface area contributed by atoms with E-state index >= 15 is 0 Å². The minimum Gasteiger partial charge on any atom is -0.354 e. The third kappa shape index (κ3) is 3.69. The van der Waals surface area contributed by atoms with Gasteiger partial charge >= 0.3 is 0 Å². The normalized spacial score (nSPS) is 27.0. The number of nitrogens with one attached hydrogen (secondary N) is 1. The minimum absolute atomic E-state index is 0.0113. The van der Waals surface area contributed by atoms with Crippen LogP contribution in [-0.4, -0.2) is 60.9 Å². The Kier molecular flexibility index (Phi) is 4.98. The van der Waals surface area contributed by atoms with Gasteiger partial charge in [-0.2, -0.15) is 0 Å². The molecule has 0 unspecified atom stereocenters. The summed E-state index contributed by atoms with van der Waals surface area (Å²) in [6, 6.07) is 8.04. The molecule has 4 aliphatic rings. The van der Waals surface area contributed by atoms with Gasteiger partial charge in [0.05, 0.1) is 0 Å². The van der Waals surface area contributed by atoms with Crippen molar-refractivity contribution in [2.24, 2.45) is 11.3 Å². The van der Waals surface area contributed by atoms with Crippen molar-refractivity contribution in [3.05, 3.63) is 35.4 Å². The Labute approximate surface area is 168 Å². The smallest absolute Gasteiger partial charge is 0.253 e. The average Bonchev–Trinajstić information content (AvgIpc) is 2.58. The van der Waals surface area contributed by atoms with Gasteiger partial charge in [0, 0.05) is 50.2 Å². The van der Waals surface area contributed by atoms with Crippen LogP contribution in [0.4, 0.5) is 0 Å². The first-order valence-electron chi connectivity index (χ1n) is 10.7. The van der Waals surface area contributed by atoms with Gasteiger partial charge in [-0.15, -0.1) is 0 Å². The molecule has 1 aliphatic heterocycles. The number of nitrogens with zero attached hydrogens (tertiary/aromatic N) is 2. The third-order valence-corrected chi connectivity index (χ3v) is 6.87. The lowest BCUT2D eigenvalue weighted by molar-refractivity contribution is -0.165. The summed E-state index contributed by atoms with van der Waals surface area (Å²) in [5.74, 6) is 1.23. The molecule has 1 aromatic rings. The second kappa shape index (κ2) is 7.18. The zero-order chi connectivity index (χ0) is 19.9. The molecule has 0 aromatic heterocycles. The topological polar surface area (TPSA) is 52.7 Å². The van der Waals surface area contributed by atoms with Crippen LogP contribution in [0.5, 0.6) is 0 Å². The van der Waals surface area contributed by atoms with Gasteiger partial charge < -0.3 is 10.2 Å². The van der Waals surface area contributed by atoms with Crippen molar-refractivity contribution in [3.8, 4) is 0 Å². The highest BCUT2D eigenvalue weighted by atomic mass is 16.2. The van der Waals surface area contributed by atoms with E-state index in [9.17, 15) is 9.59 Å². The molecule has 1 aromatic carbocycles. The van der Waals surface area contributed by atoms with Crippen LogP contribution in [0.25, 0.3) is 0 Å². The Balaban J connectivity index is 1.22. The Morgan fingerprint density at radius 1 is 1.11 bits per heavy atom. The summed E-state index contributed by atoms with van der Waals surface area (Å²) >= 11 is 0. The molecule has 0 spiro atoms. The van der Waals surface area contributed by atoms with Gasteiger partial charge in [-0.3, -0.25) is 14.5 Å². The summed E-state index contributed by atoms with van der Waals surface area (Å²) in [6.07, 6.45) is 3.32. The maximum Gasteiger partial charge on any atom is 0.253 e. The van der Waals surface area contributed by atoms with E-state index in [0.29, 0.717) is 6.54 Å². The molecular weight excluding hydrogens is 350 g/mol. The van der Waals surface area contributed by atoms with Gasteiger partial charge in [-0.1, -0.05) is 32.9 Å². The SMILES string of the molecule is CC(C)(C)c1cccc(C(=O)N2CCN(CCNC(=O)C34CC(C3)C4)CC2)c1. The third-order valence-electron chi connectivity index (χ3n) is 6.87. The standard InChI is InChI=1S/C23H33N3O2/c1-22(2,3)19-6-4-5-18(13-19)20(27)26-11-9-25(10-12-26)8-7-24-21(28)23-14-17(15-23)16-23/h4-6,13,17H,7-12,14-16H2,1-3H3,(H,24,28). The van der Waals surface area contributed by atoms with E-state index in [1.54, 1.807) is 0 Å². The molecule has 5 nitrogen and oxygen atoms in total. The second-order valence-corrected chi connectivity index (χ2v) is 9.98. The van der Waals surface area contributed by atoms with Gasteiger partial charge in [-0.05, 0) is 48.3 Å². The Hall–Kier alpha value is -1.88. The molecule has 152 valence electrons. The van der Waals surface area contributed by atoms with Crippen LogP contribution in [-0.2, 0) is 10.2 Å². The van der Waals surface area contributed by atoms with Crippen LogP contribution in [0.2, 0.25) is 0 Å². The first-order valence-corrected chi connectivity index (χ1v) is 10.7. The van der Waals surface area contributed by atoms with Crippen LogP contribution >= 0.6 is 0 Å². The Morgan fingerprint density at radius 2 is 1.79 bits per heavy atom. The van der Waals surface area contributed by atoms with Gasteiger partial charge in [-0.25, -0.2) is 0 Å². The maximum absolute atomic E-state index is 12.9. The number of amides is 2. The fourth-order valence-corrected chi connectivity index (χ4v) is 4.75. The van der Waals surface area contributed by atoms with Crippen LogP contribution in [0.3, 0.4) is 0 Å². The number of rotatable bonds is 5. The molecule has 1 N–H and O–H groups in total. The van der Waals surface area contributed by atoms with Crippen molar-refractivity contribution in [2.75, 3.05) is 39.3 Å². The monoisotopic (exact) mass is 383 g/mol. The molecule has 0 atom stereocenters. The molecular formula is C23H33N3O2. The molecule has 0 radical (unpaired) electrons. The quantitative estimate of drug-likeness (QED) is 0.851. The zero-order valence-electron chi connectivity index (χ0n) is 17.5. The number of hydrogen-bond donors (Lipinski definition) is 1.